The van der Waals surface area contributed by atoms with Gasteiger partial charge in [0.15, 0.2) is 0 Å². The lowest BCUT2D eigenvalue weighted by Gasteiger charge is -2.43. The van der Waals surface area contributed by atoms with Crippen molar-refractivity contribution >= 4 is 11.6 Å². The van der Waals surface area contributed by atoms with Gasteiger partial charge in [-0.2, -0.15) is 0 Å². The standard InChI is InChI=1S/C18H20ClNO/c1-13-3-8-17(21-2)14(9-13)10-18(11-20-12-18)15-4-6-16(19)7-5-15/h3-9,20H,10-12H2,1-2H3. The Hall–Kier alpha value is -1.51. The van der Waals surface area contributed by atoms with E-state index in [2.05, 4.69) is 42.6 Å². The summed E-state index contributed by atoms with van der Waals surface area (Å²) in [7, 11) is 1.74. The molecule has 1 aliphatic heterocycles. The van der Waals surface area contributed by atoms with Crippen molar-refractivity contribution in [3.8, 4) is 5.75 Å². The van der Waals surface area contributed by atoms with E-state index in [0.29, 0.717) is 0 Å². The van der Waals surface area contributed by atoms with Gasteiger partial charge in [0, 0.05) is 23.5 Å². The molecule has 1 heterocycles. The first kappa shape index (κ1) is 14.4. The first-order chi connectivity index (χ1) is 10.1. The minimum absolute atomic E-state index is 0.145. The van der Waals surface area contributed by atoms with Crippen LogP contribution in [0.4, 0.5) is 0 Å². The highest BCUT2D eigenvalue weighted by Crippen LogP contribution is 2.36. The molecule has 1 N–H and O–H groups in total. The molecule has 21 heavy (non-hydrogen) atoms. The Morgan fingerprint density at radius 2 is 1.86 bits per heavy atom. The van der Waals surface area contributed by atoms with Crippen molar-refractivity contribution in [2.45, 2.75) is 18.8 Å². The molecular weight excluding hydrogens is 282 g/mol. The lowest BCUT2D eigenvalue weighted by atomic mass is 9.71. The number of hydrogen-bond acceptors (Lipinski definition) is 2. The van der Waals surface area contributed by atoms with E-state index >= 15 is 0 Å². The first-order valence-electron chi connectivity index (χ1n) is 7.23. The zero-order valence-corrected chi connectivity index (χ0v) is 13.2. The van der Waals surface area contributed by atoms with Crippen LogP contribution in [0.15, 0.2) is 42.5 Å². The molecule has 0 spiro atoms. The second-order valence-electron chi connectivity index (χ2n) is 5.88. The number of hydrogen-bond donors (Lipinski definition) is 1. The van der Waals surface area contributed by atoms with Crippen molar-refractivity contribution in [1.29, 1.82) is 0 Å². The summed E-state index contributed by atoms with van der Waals surface area (Å²) in [6.45, 7) is 4.11. The molecule has 3 heteroatoms. The molecule has 0 unspecified atom stereocenters. The van der Waals surface area contributed by atoms with E-state index in [4.69, 9.17) is 16.3 Å². The molecule has 0 radical (unpaired) electrons. The van der Waals surface area contributed by atoms with E-state index < -0.39 is 0 Å². The highest BCUT2D eigenvalue weighted by Gasteiger charge is 2.39. The largest absolute Gasteiger partial charge is 0.496 e. The Bertz CT molecular complexity index is 632. The lowest BCUT2D eigenvalue weighted by Crippen LogP contribution is -2.58. The molecule has 2 aromatic rings. The van der Waals surface area contributed by atoms with Gasteiger partial charge < -0.3 is 10.1 Å². The fraction of sp³-hybridized carbons (Fsp3) is 0.333. The van der Waals surface area contributed by atoms with Crippen molar-refractivity contribution in [3.05, 3.63) is 64.2 Å². The highest BCUT2D eigenvalue weighted by molar-refractivity contribution is 6.30. The third kappa shape index (κ3) is 2.78. The third-order valence-corrected chi connectivity index (χ3v) is 4.60. The van der Waals surface area contributed by atoms with Crippen LogP contribution < -0.4 is 10.1 Å². The fourth-order valence-corrected chi connectivity index (χ4v) is 3.20. The maximum atomic E-state index is 6.02. The van der Waals surface area contributed by atoms with E-state index in [0.717, 1.165) is 30.3 Å². The average Bonchev–Trinajstić information content (AvgIpc) is 2.44. The molecule has 3 rings (SSSR count). The number of benzene rings is 2. The van der Waals surface area contributed by atoms with Gasteiger partial charge in [-0.15, -0.1) is 0 Å². The average molecular weight is 302 g/mol. The van der Waals surface area contributed by atoms with E-state index in [1.165, 1.54) is 16.7 Å². The summed E-state index contributed by atoms with van der Waals surface area (Å²) in [4.78, 5) is 0. The maximum absolute atomic E-state index is 6.02. The summed E-state index contributed by atoms with van der Waals surface area (Å²) in [5, 5.41) is 4.20. The molecule has 2 aromatic carbocycles. The van der Waals surface area contributed by atoms with Crippen LogP contribution in [0, 0.1) is 6.92 Å². The Morgan fingerprint density at radius 1 is 1.14 bits per heavy atom. The van der Waals surface area contributed by atoms with Gasteiger partial charge in [-0.3, -0.25) is 0 Å². The Balaban J connectivity index is 1.94. The monoisotopic (exact) mass is 301 g/mol. The maximum Gasteiger partial charge on any atom is 0.122 e. The van der Waals surface area contributed by atoms with Crippen LogP contribution in [0.25, 0.3) is 0 Å². The number of rotatable bonds is 4. The number of halogens is 1. The molecule has 110 valence electrons. The number of ether oxygens (including phenoxy) is 1. The van der Waals surface area contributed by atoms with Crippen LogP contribution >= 0.6 is 11.6 Å². The van der Waals surface area contributed by atoms with Gasteiger partial charge in [0.2, 0.25) is 0 Å². The van der Waals surface area contributed by atoms with Gasteiger partial charge in [0.25, 0.3) is 0 Å². The molecule has 0 amide bonds. The van der Waals surface area contributed by atoms with Crippen LogP contribution in [0.5, 0.6) is 5.75 Å². The molecule has 0 bridgehead atoms. The summed E-state index contributed by atoms with van der Waals surface area (Å²) in [5.74, 6) is 0.973. The zero-order valence-electron chi connectivity index (χ0n) is 12.4. The van der Waals surface area contributed by atoms with Crippen LogP contribution in [0.2, 0.25) is 5.02 Å². The van der Waals surface area contributed by atoms with Gasteiger partial charge in [-0.1, -0.05) is 41.4 Å². The van der Waals surface area contributed by atoms with Crippen molar-refractivity contribution in [2.24, 2.45) is 0 Å². The van der Waals surface area contributed by atoms with E-state index in [-0.39, 0.29) is 5.41 Å². The summed E-state index contributed by atoms with van der Waals surface area (Å²) in [6.07, 6.45) is 0.979. The lowest BCUT2D eigenvalue weighted by molar-refractivity contribution is 0.271. The van der Waals surface area contributed by atoms with Crippen molar-refractivity contribution in [1.82, 2.24) is 5.32 Å². The van der Waals surface area contributed by atoms with Crippen molar-refractivity contribution in [3.63, 3.8) is 0 Å². The normalized spacial score (nSPS) is 16.3. The molecule has 1 saturated heterocycles. The van der Waals surface area contributed by atoms with Crippen molar-refractivity contribution < 1.29 is 4.74 Å². The molecule has 1 aliphatic rings. The minimum Gasteiger partial charge on any atom is -0.496 e. The smallest absolute Gasteiger partial charge is 0.122 e. The zero-order chi connectivity index (χ0) is 14.9. The van der Waals surface area contributed by atoms with E-state index in [9.17, 15) is 0 Å². The molecule has 0 aliphatic carbocycles. The third-order valence-electron chi connectivity index (χ3n) is 4.35. The number of nitrogens with one attached hydrogen (secondary N) is 1. The predicted molar refractivity (Wildman–Crippen MR) is 87.4 cm³/mol. The van der Waals surface area contributed by atoms with Crippen LogP contribution in [0.3, 0.4) is 0 Å². The molecule has 1 fully saturated rings. The first-order valence-corrected chi connectivity index (χ1v) is 7.61. The topological polar surface area (TPSA) is 21.3 Å². The second kappa shape index (κ2) is 5.70. The molecule has 0 atom stereocenters. The molecule has 0 aromatic heterocycles. The van der Waals surface area contributed by atoms with Gasteiger partial charge in [-0.25, -0.2) is 0 Å². The van der Waals surface area contributed by atoms with Crippen LogP contribution in [-0.2, 0) is 11.8 Å². The van der Waals surface area contributed by atoms with Gasteiger partial charge in [-0.05, 0) is 42.7 Å². The number of aryl methyl sites for hydroxylation is 1. The Morgan fingerprint density at radius 3 is 2.43 bits per heavy atom. The van der Waals surface area contributed by atoms with E-state index in [1.54, 1.807) is 7.11 Å². The SMILES string of the molecule is COc1ccc(C)cc1CC1(c2ccc(Cl)cc2)CNC1. The number of methoxy groups -OCH3 is 1. The van der Waals surface area contributed by atoms with Crippen LogP contribution in [-0.4, -0.2) is 20.2 Å². The quantitative estimate of drug-likeness (QED) is 0.929. The second-order valence-corrected chi connectivity index (χ2v) is 6.32. The van der Waals surface area contributed by atoms with Gasteiger partial charge >= 0.3 is 0 Å². The highest BCUT2D eigenvalue weighted by atomic mass is 35.5. The van der Waals surface area contributed by atoms with Crippen LogP contribution in [0.1, 0.15) is 16.7 Å². The minimum atomic E-state index is 0.145. The van der Waals surface area contributed by atoms with E-state index in [1.807, 2.05) is 12.1 Å². The van der Waals surface area contributed by atoms with Gasteiger partial charge in [0.05, 0.1) is 7.11 Å². The Labute approximate surface area is 131 Å². The van der Waals surface area contributed by atoms with Crippen molar-refractivity contribution in [2.75, 3.05) is 20.2 Å². The fourth-order valence-electron chi connectivity index (χ4n) is 3.07. The summed E-state index contributed by atoms with van der Waals surface area (Å²) < 4.78 is 5.53. The predicted octanol–water partition coefficient (Wildman–Crippen LogP) is 3.74. The summed E-state index contributed by atoms with van der Waals surface area (Å²) >= 11 is 6.02. The summed E-state index contributed by atoms with van der Waals surface area (Å²) in [5.41, 5.74) is 4.03. The Kier molecular flexibility index (Phi) is 3.92. The van der Waals surface area contributed by atoms with Gasteiger partial charge in [0.1, 0.15) is 5.75 Å². The molecule has 2 nitrogen and oxygen atoms in total. The summed E-state index contributed by atoms with van der Waals surface area (Å²) in [6, 6.07) is 14.6. The molecular formula is C18H20ClNO. The molecule has 0 saturated carbocycles.